The van der Waals surface area contributed by atoms with Crippen LogP contribution >= 0.6 is 0 Å². The van der Waals surface area contributed by atoms with Crippen LogP contribution in [-0.4, -0.2) is 58.2 Å². The Morgan fingerprint density at radius 1 is 1.05 bits per heavy atom. The first-order valence-electron chi connectivity index (χ1n) is 13.4. The van der Waals surface area contributed by atoms with E-state index >= 15 is 0 Å². The predicted octanol–water partition coefficient (Wildman–Crippen LogP) is 4.53. The normalized spacial score (nSPS) is 12.9. The molecule has 8 heteroatoms. The molecule has 0 spiro atoms. The number of rotatable bonds is 10. The Bertz CT molecular complexity index is 1480. The van der Waals surface area contributed by atoms with Crippen molar-refractivity contribution >= 4 is 29.0 Å². The highest BCUT2D eigenvalue weighted by atomic mass is 16.6. The zero-order valence-corrected chi connectivity index (χ0v) is 22.2. The third-order valence-electron chi connectivity index (χ3n) is 7.14. The third kappa shape index (κ3) is 6.89. The summed E-state index contributed by atoms with van der Waals surface area (Å²) in [6.07, 6.45) is 6.22. The highest BCUT2D eigenvalue weighted by Gasteiger charge is 2.21. The smallest absolute Gasteiger partial charge is 0.410 e. The lowest BCUT2D eigenvalue weighted by Gasteiger charge is -2.28. The van der Waals surface area contributed by atoms with Crippen molar-refractivity contribution in [2.75, 3.05) is 26.2 Å². The standard InChI is InChI=1S/C32H32N4O4/c37-31(34-39)14-13-24-9-11-25(12-10-24)22-35(17-15-27-21-33-30-8-4-3-7-29(27)30)19-20-40-32(38)36-18-16-26-5-1-2-6-28(26)23-36/h1-9,11,13-14,21,33,39H,15-20,22-23H2,(H,34,37)/b14-13+. The molecule has 4 aromatic rings. The van der Waals surface area contributed by atoms with E-state index in [1.807, 2.05) is 36.4 Å². The number of hydroxylamine groups is 1. The summed E-state index contributed by atoms with van der Waals surface area (Å²) in [7, 11) is 0. The fraction of sp³-hybridized carbons (Fsp3) is 0.250. The van der Waals surface area contributed by atoms with E-state index in [0.717, 1.165) is 30.5 Å². The van der Waals surface area contributed by atoms with Crippen molar-refractivity contribution in [3.63, 3.8) is 0 Å². The number of aromatic nitrogens is 1. The average Bonchev–Trinajstić information content (AvgIpc) is 3.42. The monoisotopic (exact) mass is 536 g/mol. The Morgan fingerprint density at radius 3 is 2.70 bits per heavy atom. The molecule has 0 atom stereocenters. The van der Waals surface area contributed by atoms with Gasteiger partial charge in [-0.2, -0.15) is 0 Å². The molecule has 204 valence electrons. The van der Waals surface area contributed by atoms with Gasteiger partial charge in [-0.25, -0.2) is 10.3 Å². The number of nitrogens with one attached hydrogen (secondary N) is 2. The molecule has 0 bridgehead atoms. The van der Waals surface area contributed by atoms with Crippen LogP contribution in [-0.2, 0) is 35.5 Å². The first-order chi connectivity index (χ1) is 19.6. The van der Waals surface area contributed by atoms with E-state index in [1.54, 1.807) is 16.5 Å². The average molecular weight is 537 g/mol. The minimum Gasteiger partial charge on any atom is -0.448 e. The zero-order chi connectivity index (χ0) is 27.7. The summed E-state index contributed by atoms with van der Waals surface area (Å²) in [4.78, 5) is 31.4. The Labute approximate surface area is 233 Å². The highest BCUT2D eigenvalue weighted by Crippen LogP contribution is 2.20. The molecule has 1 aliphatic rings. The van der Waals surface area contributed by atoms with E-state index in [-0.39, 0.29) is 12.7 Å². The summed E-state index contributed by atoms with van der Waals surface area (Å²) in [5.41, 5.74) is 7.99. The number of ether oxygens (including phenoxy) is 1. The van der Waals surface area contributed by atoms with Crippen LogP contribution in [0.5, 0.6) is 0 Å². The summed E-state index contributed by atoms with van der Waals surface area (Å²) >= 11 is 0. The number of benzene rings is 2. The van der Waals surface area contributed by atoms with Gasteiger partial charge in [0.25, 0.3) is 5.91 Å². The number of carbonyl (C=O) groups is 2. The van der Waals surface area contributed by atoms with Gasteiger partial charge in [0.05, 0.1) is 0 Å². The molecular weight excluding hydrogens is 504 g/mol. The number of hydrogen-bond donors (Lipinski definition) is 3. The number of fused-ring (bicyclic) bond motifs is 2. The molecule has 0 aliphatic carbocycles. The molecule has 0 radical (unpaired) electrons. The second kappa shape index (κ2) is 13.0. The highest BCUT2D eigenvalue weighted by molar-refractivity contribution is 5.90. The maximum absolute atomic E-state index is 12.8. The number of nitrogens with zero attached hydrogens (tertiary/aromatic N) is 2. The van der Waals surface area contributed by atoms with Gasteiger partial charge in [0, 0.05) is 67.0 Å². The number of aromatic amines is 1. The van der Waals surface area contributed by atoms with Crippen LogP contribution in [0.4, 0.5) is 4.79 Å². The molecule has 0 saturated heterocycles. The summed E-state index contributed by atoms with van der Waals surface area (Å²) in [5.74, 6) is -0.607. The Balaban J connectivity index is 1.20. The predicted molar refractivity (Wildman–Crippen MR) is 152 cm³/mol. The van der Waals surface area contributed by atoms with Crippen molar-refractivity contribution < 1.29 is 19.5 Å². The summed E-state index contributed by atoms with van der Waals surface area (Å²) in [5, 5.41) is 9.85. The van der Waals surface area contributed by atoms with Crippen molar-refractivity contribution in [1.82, 2.24) is 20.3 Å². The van der Waals surface area contributed by atoms with E-state index in [2.05, 4.69) is 52.5 Å². The van der Waals surface area contributed by atoms with Crippen LogP contribution in [0, 0.1) is 12.1 Å². The lowest BCUT2D eigenvalue weighted by atomic mass is 10.0. The van der Waals surface area contributed by atoms with Gasteiger partial charge in [-0.3, -0.25) is 14.9 Å². The van der Waals surface area contributed by atoms with E-state index in [1.165, 1.54) is 28.2 Å². The van der Waals surface area contributed by atoms with E-state index < -0.39 is 5.91 Å². The minimum atomic E-state index is -0.607. The van der Waals surface area contributed by atoms with Crippen molar-refractivity contribution in [3.8, 4) is 0 Å². The van der Waals surface area contributed by atoms with Gasteiger partial charge in [-0.1, -0.05) is 54.6 Å². The molecule has 8 nitrogen and oxygen atoms in total. The third-order valence-corrected chi connectivity index (χ3v) is 7.14. The maximum Gasteiger partial charge on any atom is 0.410 e. The van der Waals surface area contributed by atoms with Crippen molar-refractivity contribution in [2.24, 2.45) is 0 Å². The molecule has 3 aromatic carbocycles. The van der Waals surface area contributed by atoms with Crippen molar-refractivity contribution in [3.05, 3.63) is 113 Å². The minimum absolute atomic E-state index is 0.283. The van der Waals surface area contributed by atoms with E-state index in [4.69, 9.17) is 9.94 Å². The summed E-state index contributed by atoms with van der Waals surface area (Å²) in [6, 6.07) is 26.5. The molecule has 2 amide bonds. The number of hydrogen-bond acceptors (Lipinski definition) is 5. The Morgan fingerprint density at radius 2 is 1.88 bits per heavy atom. The SMILES string of the molecule is O=C(/C=C/c1c#cc(CN(CCOC(=O)N2CCc3ccccc3C2)CCc2c[nH]c3ccccc23)cc1)NO. The van der Waals surface area contributed by atoms with Gasteiger partial charge >= 0.3 is 6.09 Å². The molecule has 5 rings (SSSR count). The summed E-state index contributed by atoms with van der Waals surface area (Å²) in [6.45, 7) is 3.46. The second-order valence-corrected chi connectivity index (χ2v) is 9.81. The van der Waals surface area contributed by atoms with Crippen LogP contribution in [0.3, 0.4) is 0 Å². The summed E-state index contributed by atoms with van der Waals surface area (Å²) < 4.78 is 5.71. The van der Waals surface area contributed by atoms with Crippen LogP contribution in [0.1, 0.15) is 27.8 Å². The van der Waals surface area contributed by atoms with Crippen LogP contribution in [0.15, 0.2) is 72.9 Å². The lowest BCUT2D eigenvalue weighted by Crippen LogP contribution is -2.38. The first-order valence-corrected chi connectivity index (χ1v) is 13.4. The molecule has 0 saturated carbocycles. The van der Waals surface area contributed by atoms with Crippen LogP contribution in [0.2, 0.25) is 0 Å². The zero-order valence-electron chi connectivity index (χ0n) is 22.2. The lowest BCUT2D eigenvalue weighted by molar-refractivity contribution is -0.124. The van der Waals surface area contributed by atoms with Gasteiger partial charge < -0.3 is 14.6 Å². The first kappa shape index (κ1) is 27.0. The fourth-order valence-corrected chi connectivity index (χ4v) is 4.95. The number of carbonyl (C=O) groups excluding carboxylic acids is 2. The van der Waals surface area contributed by atoms with Crippen molar-refractivity contribution in [2.45, 2.75) is 25.9 Å². The van der Waals surface area contributed by atoms with Crippen LogP contribution < -0.4 is 5.48 Å². The fourth-order valence-electron chi connectivity index (χ4n) is 4.95. The number of para-hydroxylation sites is 1. The van der Waals surface area contributed by atoms with E-state index in [0.29, 0.717) is 31.7 Å². The molecule has 0 fully saturated rings. The topological polar surface area (TPSA) is 97.9 Å². The number of H-pyrrole nitrogens is 1. The van der Waals surface area contributed by atoms with Gasteiger partial charge in [0.1, 0.15) is 6.61 Å². The Hall–Kier alpha value is -4.58. The van der Waals surface area contributed by atoms with Gasteiger partial charge in [-0.15, -0.1) is 0 Å². The molecule has 1 aliphatic heterocycles. The quantitative estimate of drug-likeness (QED) is 0.157. The van der Waals surface area contributed by atoms with E-state index in [9.17, 15) is 9.59 Å². The van der Waals surface area contributed by atoms with Crippen molar-refractivity contribution in [1.29, 1.82) is 0 Å². The molecule has 0 unspecified atom stereocenters. The number of amides is 2. The van der Waals surface area contributed by atoms with Crippen LogP contribution in [0.25, 0.3) is 17.0 Å². The Kier molecular flexibility index (Phi) is 8.76. The largest absolute Gasteiger partial charge is 0.448 e. The second-order valence-electron chi connectivity index (χ2n) is 9.81. The van der Waals surface area contributed by atoms with Gasteiger partial charge in [0.15, 0.2) is 0 Å². The van der Waals surface area contributed by atoms with Gasteiger partial charge in [-0.05, 0) is 53.8 Å². The molecule has 2 heterocycles. The molecular formula is C32H32N4O4. The maximum atomic E-state index is 12.8. The molecule has 3 N–H and O–H groups in total. The van der Waals surface area contributed by atoms with Gasteiger partial charge in [0.2, 0.25) is 0 Å². The molecule has 1 aromatic heterocycles. The molecule has 40 heavy (non-hydrogen) atoms.